The van der Waals surface area contributed by atoms with Crippen LogP contribution in [0.15, 0.2) is 27.9 Å². The molecule has 1 heterocycles. The highest BCUT2D eigenvalue weighted by Crippen LogP contribution is 2.29. The van der Waals surface area contributed by atoms with E-state index in [2.05, 4.69) is 20.1 Å². The summed E-state index contributed by atoms with van der Waals surface area (Å²) >= 11 is 0. The Balaban J connectivity index is 2.22. The van der Waals surface area contributed by atoms with Gasteiger partial charge >= 0.3 is 5.69 Å². The molecule has 0 radical (unpaired) electrons. The Morgan fingerprint density at radius 1 is 1.62 bits per heavy atom. The van der Waals surface area contributed by atoms with Crippen molar-refractivity contribution in [1.82, 2.24) is 10.1 Å². The third-order valence-corrected chi connectivity index (χ3v) is 2.24. The molecule has 1 aromatic carbocycles. The fraction of sp³-hybridized carbons (Fsp3) is 0.0909. The van der Waals surface area contributed by atoms with E-state index in [0.29, 0.717) is 5.56 Å². The zero-order chi connectivity index (χ0) is 15.2. The highest BCUT2D eigenvalue weighted by atomic mass is 16.6. The zero-order valence-corrected chi connectivity index (χ0v) is 10.3. The van der Waals surface area contributed by atoms with Crippen LogP contribution in [0.1, 0.15) is 5.89 Å². The molecule has 106 valence electrons. The first kappa shape index (κ1) is 13.9. The van der Waals surface area contributed by atoms with Crippen LogP contribution < -0.4 is 0 Å². The van der Waals surface area contributed by atoms with Crippen LogP contribution in [0.5, 0.6) is 5.75 Å². The number of nitriles is 1. The normalized spacial score (nSPS) is 10.4. The van der Waals surface area contributed by atoms with E-state index in [0.717, 1.165) is 18.3 Å². The van der Waals surface area contributed by atoms with Gasteiger partial charge in [-0.05, 0) is 12.1 Å². The number of phenols is 1. The van der Waals surface area contributed by atoms with Crippen LogP contribution in [0, 0.1) is 21.4 Å². The highest BCUT2D eigenvalue weighted by molar-refractivity contribution is 5.74. The fourth-order valence-electron chi connectivity index (χ4n) is 1.36. The molecule has 0 aliphatic rings. The van der Waals surface area contributed by atoms with E-state index in [9.17, 15) is 15.2 Å². The Hall–Kier alpha value is -3.48. The molecular weight excluding hydrogens is 282 g/mol. The average Bonchev–Trinajstić information content (AvgIpc) is 2.92. The Morgan fingerprint density at radius 3 is 3.14 bits per heavy atom. The minimum Gasteiger partial charge on any atom is -0.502 e. The molecule has 0 bridgehead atoms. The van der Waals surface area contributed by atoms with E-state index in [-0.39, 0.29) is 18.3 Å². The molecule has 0 unspecified atom stereocenters. The number of nitro benzene ring substituents is 1. The molecule has 2 aromatic rings. The molecule has 1 N–H and O–H groups in total. The molecule has 2 rings (SSSR count). The predicted octanol–water partition coefficient (Wildman–Crippen LogP) is 1.22. The number of aromatic hydroxyl groups is 1. The Morgan fingerprint density at radius 2 is 2.43 bits per heavy atom. The standard InChI is InChI=1S/C11H7N5O5/c12-3-4-20-13-6-10-14-11(15-21-10)7-1-2-9(17)8(5-7)16(18)19/h1-2,5-6,17H,4H2. The molecule has 0 saturated carbocycles. The molecule has 0 amide bonds. The fourth-order valence-corrected chi connectivity index (χ4v) is 1.36. The first-order valence-electron chi connectivity index (χ1n) is 5.45. The van der Waals surface area contributed by atoms with Crippen molar-refractivity contribution < 1.29 is 19.4 Å². The van der Waals surface area contributed by atoms with Gasteiger partial charge in [-0.25, -0.2) is 0 Å². The monoisotopic (exact) mass is 289 g/mol. The number of nitrogens with zero attached hydrogens (tertiary/aromatic N) is 5. The molecule has 10 heteroatoms. The number of hydrogen-bond donors (Lipinski definition) is 1. The molecular formula is C11H7N5O5. The number of rotatable bonds is 5. The van der Waals surface area contributed by atoms with Gasteiger partial charge < -0.3 is 14.5 Å². The number of phenolic OH excluding ortho intramolecular Hbond substituents is 1. The first-order valence-corrected chi connectivity index (χ1v) is 5.45. The molecule has 1 aromatic heterocycles. The third kappa shape index (κ3) is 3.29. The van der Waals surface area contributed by atoms with E-state index in [4.69, 9.17) is 9.78 Å². The molecule has 0 spiro atoms. The number of oxime groups is 1. The topological polar surface area (TPSA) is 148 Å². The first-order chi connectivity index (χ1) is 10.1. The lowest BCUT2D eigenvalue weighted by molar-refractivity contribution is -0.385. The van der Waals surface area contributed by atoms with Gasteiger partial charge in [-0.15, -0.1) is 0 Å². The second-order valence-electron chi connectivity index (χ2n) is 3.58. The van der Waals surface area contributed by atoms with E-state index in [1.54, 1.807) is 6.07 Å². The van der Waals surface area contributed by atoms with Crippen LogP contribution in [0.4, 0.5) is 5.69 Å². The summed E-state index contributed by atoms with van der Waals surface area (Å²) in [5, 5.41) is 35.3. The summed E-state index contributed by atoms with van der Waals surface area (Å²) in [6.07, 6.45) is 1.10. The Bertz CT molecular complexity index is 733. The van der Waals surface area contributed by atoms with E-state index in [1.165, 1.54) is 6.07 Å². The van der Waals surface area contributed by atoms with Crippen LogP contribution in [0.2, 0.25) is 0 Å². The second-order valence-corrected chi connectivity index (χ2v) is 3.58. The van der Waals surface area contributed by atoms with Crippen molar-refractivity contribution >= 4 is 11.9 Å². The number of benzene rings is 1. The summed E-state index contributed by atoms with van der Waals surface area (Å²) in [6, 6.07) is 5.40. The summed E-state index contributed by atoms with van der Waals surface area (Å²) in [5.74, 6) is -0.377. The lowest BCUT2D eigenvalue weighted by Gasteiger charge is -1.97. The molecule has 0 aliphatic carbocycles. The lowest BCUT2D eigenvalue weighted by Crippen LogP contribution is -1.90. The highest BCUT2D eigenvalue weighted by Gasteiger charge is 2.16. The summed E-state index contributed by atoms with van der Waals surface area (Å²) in [5.41, 5.74) is -0.175. The van der Waals surface area contributed by atoms with Crippen molar-refractivity contribution in [2.75, 3.05) is 6.61 Å². The maximum absolute atomic E-state index is 10.7. The van der Waals surface area contributed by atoms with Crippen LogP contribution >= 0.6 is 0 Å². The van der Waals surface area contributed by atoms with E-state index in [1.807, 2.05) is 0 Å². The van der Waals surface area contributed by atoms with E-state index >= 15 is 0 Å². The molecule has 10 nitrogen and oxygen atoms in total. The van der Waals surface area contributed by atoms with Crippen molar-refractivity contribution in [2.45, 2.75) is 0 Å². The van der Waals surface area contributed by atoms with Crippen molar-refractivity contribution in [1.29, 1.82) is 5.26 Å². The maximum Gasteiger partial charge on any atom is 0.311 e. The summed E-state index contributed by atoms with van der Waals surface area (Å²) in [4.78, 5) is 18.4. The Kier molecular flexibility index (Phi) is 4.06. The minimum absolute atomic E-state index is 0.00123. The Labute approximate surface area is 117 Å². The van der Waals surface area contributed by atoms with Gasteiger partial charge in [-0.1, -0.05) is 10.3 Å². The van der Waals surface area contributed by atoms with Crippen molar-refractivity contribution in [3.05, 3.63) is 34.2 Å². The molecule has 21 heavy (non-hydrogen) atoms. The second kappa shape index (κ2) is 6.11. The van der Waals surface area contributed by atoms with Gasteiger partial charge in [-0.2, -0.15) is 10.2 Å². The maximum atomic E-state index is 10.7. The summed E-state index contributed by atoms with van der Waals surface area (Å²) in [7, 11) is 0. The third-order valence-electron chi connectivity index (χ3n) is 2.24. The lowest BCUT2D eigenvalue weighted by atomic mass is 10.2. The SMILES string of the molecule is N#CCON=Cc1nc(-c2ccc(O)c([N+](=O)[O-])c2)no1. The van der Waals surface area contributed by atoms with Crippen LogP contribution in [0.25, 0.3) is 11.4 Å². The van der Waals surface area contributed by atoms with Gasteiger partial charge in [0, 0.05) is 11.6 Å². The van der Waals surface area contributed by atoms with Gasteiger partial charge in [0.25, 0.3) is 5.89 Å². The minimum atomic E-state index is -0.725. The van der Waals surface area contributed by atoms with Crippen molar-refractivity contribution in [3.8, 4) is 23.2 Å². The van der Waals surface area contributed by atoms with Crippen LogP contribution in [-0.4, -0.2) is 33.0 Å². The number of nitro groups is 1. The molecule has 0 fully saturated rings. The molecule has 0 saturated heterocycles. The number of hydrogen-bond acceptors (Lipinski definition) is 9. The summed E-state index contributed by atoms with van der Waals surface area (Å²) in [6.45, 7) is -0.221. The van der Waals surface area contributed by atoms with Crippen LogP contribution in [-0.2, 0) is 4.84 Å². The average molecular weight is 289 g/mol. The van der Waals surface area contributed by atoms with Gasteiger partial charge in [0.15, 0.2) is 5.75 Å². The molecule has 0 atom stereocenters. The number of aromatic nitrogens is 2. The van der Waals surface area contributed by atoms with Crippen molar-refractivity contribution in [2.24, 2.45) is 5.16 Å². The van der Waals surface area contributed by atoms with E-state index < -0.39 is 16.4 Å². The van der Waals surface area contributed by atoms with Crippen molar-refractivity contribution in [3.63, 3.8) is 0 Å². The van der Waals surface area contributed by atoms with Gasteiger partial charge in [0.1, 0.15) is 12.3 Å². The van der Waals surface area contributed by atoms with Gasteiger partial charge in [0.2, 0.25) is 12.4 Å². The predicted molar refractivity (Wildman–Crippen MR) is 67.2 cm³/mol. The summed E-state index contributed by atoms with van der Waals surface area (Å²) < 4.78 is 4.82. The van der Waals surface area contributed by atoms with Gasteiger partial charge in [-0.3, -0.25) is 10.1 Å². The zero-order valence-electron chi connectivity index (χ0n) is 10.3. The largest absolute Gasteiger partial charge is 0.502 e. The van der Waals surface area contributed by atoms with Crippen LogP contribution in [0.3, 0.4) is 0 Å². The van der Waals surface area contributed by atoms with Gasteiger partial charge in [0.05, 0.1) is 4.92 Å². The quantitative estimate of drug-likeness (QED) is 0.374. The smallest absolute Gasteiger partial charge is 0.311 e. The molecule has 0 aliphatic heterocycles.